The Labute approximate surface area is 209 Å². The highest BCUT2D eigenvalue weighted by molar-refractivity contribution is 7.85. The lowest BCUT2D eigenvalue weighted by Crippen LogP contribution is -2.20. The highest BCUT2D eigenvalue weighted by Gasteiger charge is 2.17. The predicted molar refractivity (Wildman–Crippen MR) is 136 cm³/mol. The smallest absolute Gasteiger partial charge is 0.343 e. The Bertz CT molecular complexity index is 1270. The summed E-state index contributed by atoms with van der Waals surface area (Å²) in [7, 11) is -3.67. The predicted octanol–water partition coefficient (Wildman–Crippen LogP) is 3.56. The molecule has 0 aliphatic heterocycles. The zero-order valence-corrected chi connectivity index (χ0v) is 20.5. The van der Waals surface area contributed by atoms with E-state index in [9.17, 15) is 18.0 Å². The summed E-state index contributed by atoms with van der Waals surface area (Å²) in [5.41, 5.74) is 7.92. The Kier molecular flexibility index (Phi) is 10.1. The number of carbonyl (C=O) groups excluding carboxylic acids is 2. The van der Waals surface area contributed by atoms with Gasteiger partial charge in [0.25, 0.3) is 10.1 Å². The summed E-state index contributed by atoms with van der Waals surface area (Å²) < 4.78 is 36.6. The van der Waals surface area contributed by atoms with Crippen LogP contribution in [0.5, 0.6) is 5.75 Å². The minimum absolute atomic E-state index is 0.186. The van der Waals surface area contributed by atoms with Crippen LogP contribution in [0.1, 0.15) is 34.3 Å². The van der Waals surface area contributed by atoms with Crippen LogP contribution in [0.4, 0.5) is 5.69 Å². The van der Waals surface area contributed by atoms with Crippen molar-refractivity contribution in [2.75, 3.05) is 11.6 Å². The van der Waals surface area contributed by atoms with Gasteiger partial charge in [0.15, 0.2) is 5.96 Å². The van der Waals surface area contributed by atoms with Crippen molar-refractivity contribution >= 4 is 33.7 Å². The van der Waals surface area contributed by atoms with E-state index in [0.29, 0.717) is 23.3 Å². The Morgan fingerprint density at radius 2 is 1.56 bits per heavy atom. The SMILES string of the molecule is CC(C(=O)OCc1ccccc1)c1ccc(OC(=O)c2ccc(NC(=N)N)cc2)cc1.CS(=O)(=O)O. The number of nitrogens with one attached hydrogen (secondary N) is 2. The second-order valence-electron chi connectivity index (χ2n) is 7.62. The van der Waals surface area contributed by atoms with Gasteiger partial charge in [-0.05, 0) is 54.4 Å². The van der Waals surface area contributed by atoms with E-state index in [-0.39, 0.29) is 18.5 Å². The van der Waals surface area contributed by atoms with Crippen molar-refractivity contribution in [2.24, 2.45) is 5.73 Å². The molecule has 1 atom stereocenters. The molecule has 0 heterocycles. The molecule has 0 bridgehead atoms. The van der Waals surface area contributed by atoms with Gasteiger partial charge < -0.3 is 20.5 Å². The number of rotatable bonds is 7. The molecule has 0 saturated carbocycles. The lowest BCUT2D eigenvalue weighted by molar-refractivity contribution is -0.146. The second-order valence-corrected chi connectivity index (χ2v) is 9.09. The molecule has 0 aromatic heterocycles. The molecule has 0 spiro atoms. The van der Waals surface area contributed by atoms with Gasteiger partial charge >= 0.3 is 11.9 Å². The number of hydrogen-bond donors (Lipinski definition) is 4. The molecule has 3 rings (SSSR count). The fourth-order valence-corrected chi connectivity index (χ4v) is 2.83. The van der Waals surface area contributed by atoms with Crippen LogP contribution in [0.3, 0.4) is 0 Å². The number of ether oxygens (including phenoxy) is 2. The molecule has 190 valence electrons. The van der Waals surface area contributed by atoms with Crippen molar-refractivity contribution in [3.05, 3.63) is 95.6 Å². The van der Waals surface area contributed by atoms with Crippen LogP contribution in [0.2, 0.25) is 0 Å². The third-order valence-electron chi connectivity index (χ3n) is 4.57. The molecule has 0 amide bonds. The van der Waals surface area contributed by atoms with Gasteiger partial charge in [-0.1, -0.05) is 42.5 Å². The van der Waals surface area contributed by atoms with Crippen LogP contribution in [0, 0.1) is 5.41 Å². The van der Waals surface area contributed by atoms with Gasteiger partial charge in [-0.2, -0.15) is 8.42 Å². The maximum atomic E-state index is 12.3. The number of hydrogen-bond acceptors (Lipinski definition) is 7. The molecule has 36 heavy (non-hydrogen) atoms. The van der Waals surface area contributed by atoms with E-state index >= 15 is 0 Å². The van der Waals surface area contributed by atoms with E-state index in [2.05, 4.69) is 5.32 Å². The van der Waals surface area contributed by atoms with Crippen molar-refractivity contribution in [2.45, 2.75) is 19.4 Å². The van der Waals surface area contributed by atoms with E-state index in [1.165, 1.54) is 0 Å². The molecule has 3 aromatic carbocycles. The Morgan fingerprint density at radius 3 is 2.08 bits per heavy atom. The third kappa shape index (κ3) is 10.4. The van der Waals surface area contributed by atoms with E-state index in [1.807, 2.05) is 30.3 Å². The molecule has 0 radical (unpaired) electrons. The van der Waals surface area contributed by atoms with E-state index in [4.69, 9.17) is 25.2 Å². The van der Waals surface area contributed by atoms with Gasteiger partial charge in [0, 0.05) is 5.69 Å². The average molecular weight is 514 g/mol. The highest BCUT2D eigenvalue weighted by atomic mass is 32.2. The van der Waals surface area contributed by atoms with Gasteiger partial charge in [-0.3, -0.25) is 14.8 Å². The molecule has 0 saturated heterocycles. The monoisotopic (exact) mass is 513 g/mol. The maximum absolute atomic E-state index is 12.3. The van der Waals surface area contributed by atoms with Crippen molar-refractivity contribution in [3.63, 3.8) is 0 Å². The fourth-order valence-electron chi connectivity index (χ4n) is 2.83. The number of benzene rings is 3. The van der Waals surface area contributed by atoms with Crippen LogP contribution in [0.25, 0.3) is 0 Å². The number of nitrogens with two attached hydrogens (primary N) is 1. The number of guanidine groups is 1. The largest absolute Gasteiger partial charge is 0.460 e. The first-order valence-corrected chi connectivity index (χ1v) is 12.4. The summed E-state index contributed by atoms with van der Waals surface area (Å²) in [6.07, 6.45) is 0.715. The topological polar surface area (TPSA) is 169 Å². The van der Waals surface area contributed by atoms with Crippen LogP contribution in [0.15, 0.2) is 78.9 Å². The molecule has 1 unspecified atom stereocenters. The maximum Gasteiger partial charge on any atom is 0.343 e. The standard InChI is InChI=1S/C24H23N3O4.CH4O3S/c1-16(22(28)30-15-17-5-3-2-4-6-17)18-9-13-21(14-10-18)31-23(29)19-7-11-20(12-8-19)27-24(25)26;1-5(2,3)4/h2-14,16H,15H2,1H3,(H4,25,26,27);1H3,(H,2,3,4). The summed E-state index contributed by atoms with van der Waals surface area (Å²) in [5, 5.41) is 9.84. The van der Waals surface area contributed by atoms with Gasteiger partial charge in [-0.15, -0.1) is 0 Å². The van der Waals surface area contributed by atoms with Gasteiger partial charge in [0.1, 0.15) is 12.4 Å². The first-order valence-electron chi connectivity index (χ1n) is 10.6. The quantitative estimate of drug-likeness (QED) is 0.121. The molecule has 0 aliphatic rings. The Hall–Kier alpha value is -4.22. The summed E-state index contributed by atoms with van der Waals surface area (Å²) in [4.78, 5) is 24.6. The lowest BCUT2D eigenvalue weighted by atomic mass is 10.0. The molecule has 0 fully saturated rings. The van der Waals surface area contributed by atoms with Crippen LogP contribution >= 0.6 is 0 Å². The van der Waals surface area contributed by atoms with Crippen LogP contribution < -0.4 is 15.8 Å². The summed E-state index contributed by atoms with van der Waals surface area (Å²) in [5.74, 6) is -1.11. The Balaban J connectivity index is 0.000000830. The molecule has 5 N–H and O–H groups in total. The summed E-state index contributed by atoms with van der Waals surface area (Å²) in [6.45, 7) is 1.99. The molecular formula is C25H27N3O7S. The molecule has 10 nitrogen and oxygen atoms in total. The van der Waals surface area contributed by atoms with Gasteiger partial charge in [0.05, 0.1) is 17.7 Å². The minimum Gasteiger partial charge on any atom is -0.460 e. The number of esters is 2. The number of carbonyl (C=O) groups is 2. The van der Waals surface area contributed by atoms with Crippen LogP contribution in [-0.4, -0.2) is 37.1 Å². The van der Waals surface area contributed by atoms with Crippen molar-refractivity contribution in [1.82, 2.24) is 0 Å². The average Bonchev–Trinajstić information content (AvgIpc) is 2.82. The summed E-state index contributed by atoms with van der Waals surface area (Å²) in [6, 6.07) is 22.6. The van der Waals surface area contributed by atoms with Gasteiger partial charge in [-0.25, -0.2) is 4.79 Å². The summed E-state index contributed by atoms with van der Waals surface area (Å²) >= 11 is 0. The van der Waals surface area contributed by atoms with Crippen molar-refractivity contribution < 1.29 is 32.0 Å². The highest BCUT2D eigenvalue weighted by Crippen LogP contribution is 2.22. The zero-order chi connectivity index (χ0) is 26.7. The first-order chi connectivity index (χ1) is 16.9. The van der Waals surface area contributed by atoms with E-state index in [0.717, 1.165) is 11.1 Å². The molecule has 11 heteroatoms. The zero-order valence-electron chi connectivity index (χ0n) is 19.7. The number of anilines is 1. The molecule has 0 aliphatic carbocycles. The second kappa shape index (κ2) is 13.0. The van der Waals surface area contributed by atoms with E-state index < -0.39 is 22.0 Å². The first kappa shape index (κ1) is 28.0. The fraction of sp³-hybridized carbons (Fsp3) is 0.160. The minimum atomic E-state index is -3.67. The van der Waals surface area contributed by atoms with Crippen LogP contribution in [-0.2, 0) is 26.3 Å². The van der Waals surface area contributed by atoms with Crippen molar-refractivity contribution in [1.29, 1.82) is 5.41 Å². The lowest BCUT2D eigenvalue weighted by Gasteiger charge is -2.13. The van der Waals surface area contributed by atoms with E-state index in [1.54, 1.807) is 55.5 Å². The Morgan fingerprint density at radius 1 is 1.00 bits per heavy atom. The molecule has 3 aromatic rings. The third-order valence-corrected chi connectivity index (χ3v) is 4.57. The van der Waals surface area contributed by atoms with Crippen molar-refractivity contribution in [3.8, 4) is 5.75 Å². The molecular weight excluding hydrogens is 486 g/mol. The normalized spacial score (nSPS) is 11.3. The van der Waals surface area contributed by atoms with Gasteiger partial charge in [0.2, 0.25) is 0 Å².